The van der Waals surface area contributed by atoms with Crippen LogP contribution in [0.4, 0.5) is 9.93 Å². The van der Waals surface area contributed by atoms with E-state index >= 15 is 0 Å². The van der Waals surface area contributed by atoms with E-state index in [0.29, 0.717) is 11.0 Å². The Hall–Kier alpha value is -1.70. The summed E-state index contributed by atoms with van der Waals surface area (Å²) in [6.45, 7) is 5.40. The van der Waals surface area contributed by atoms with Crippen molar-refractivity contribution in [3.05, 3.63) is 5.82 Å². The molecule has 1 unspecified atom stereocenters. The molecule has 8 heteroatoms. The van der Waals surface area contributed by atoms with Crippen molar-refractivity contribution in [3.8, 4) is 0 Å². The molecule has 1 aromatic heterocycles. The van der Waals surface area contributed by atoms with Crippen molar-refractivity contribution < 1.29 is 14.7 Å². The molecule has 0 aliphatic heterocycles. The SMILES string of the molecule is Cc1nsc(NC(=O)NCC(C(=O)O)C(C)C)n1. The summed E-state index contributed by atoms with van der Waals surface area (Å²) in [6.07, 6.45) is 0. The van der Waals surface area contributed by atoms with Crippen LogP contribution in [-0.4, -0.2) is 33.0 Å². The number of aromatic nitrogens is 2. The molecule has 0 saturated heterocycles. The van der Waals surface area contributed by atoms with Gasteiger partial charge in [0, 0.05) is 18.1 Å². The highest BCUT2D eigenvalue weighted by Gasteiger charge is 2.22. The number of carbonyl (C=O) groups excluding carboxylic acids is 1. The molecule has 0 spiro atoms. The molecule has 1 heterocycles. The predicted molar refractivity (Wildman–Crippen MR) is 67.6 cm³/mol. The molecular weight excluding hydrogens is 256 g/mol. The number of urea groups is 1. The van der Waals surface area contributed by atoms with E-state index in [9.17, 15) is 9.59 Å². The fourth-order valence-electron chi connectivity index (χ4n) is 1.30. The Morgan fingerprint density at radius 2 is 2.11 bits per heavy atom. The number of carboxylic acid groups (broad SMARTS) is 1. The van der Waals surface area contributed by atoms with E-state index in [1.54, 1.807) is 20.8 Å². The van der Waals surface area contributed by atoms with Gasteiger partial charge in [-0.3, -0.25) is 10.1 Å². The minimum atomic E-state index is -0.919. The smallest absolute Gasteiger partial charge is 0.321 e. The second-order valence-electron chi connectivity index (χ2n) is 4.17. The lowest BCUT2D eigenvalue weighted by Crippen LogP contribution is -2.37. The topological polar surface area (TPSA) is 104 Å². The Kier molecular flexibility index (Phi) is 5.02. The van der Waals surface area contributed by atoms with Crippen LogP contribution in [0.2, 0.25) is 0 Å². The molecule has 3 N–H and O–H groups in total. The summed E-state index contributed by atoms with van der Waals surface area (Å²) in [4.78, 5) is 26.4. The van der Waals surface area contributed by atoms with Gasteiger partial charge in [-0.05, 0) is 12.8 Å². The van der Waals surface area contributed by atoms with Gasteiger partial charge in [-0.2, -0.15) is 4.37 Å². The van der Waals surface area contributed by atoms with E-state index < -0.39 is 17.9 Å². The molecule has 0 saturated carbocycles. The lowest BCUT2D eigenvalue weighted by molar-refractivity contribution is -0.142. The van der Waals surface area contributed by atoms with Crippen LogP contribution in [0.5, 0.6) is 0 Å². The molecule has 1 aromatic rings. The Morgan fingerprint density at radius 3 is 2.56 bits per heavy atom. The largest absolute Gasteiger partial charge is 0.481 e. The minimum absolute atomic E-state index is 0.0495. The van der Waals surface area contributed by atoms with Gasteiger partial charge < -0.3 is 10.4 Å². The van der Waals surface area contributed by atoms with Crippen molar-refractivity contribution in [2.45, 2.75) is 20.8 Å². The number of rotatable bonds is 5. The van der Waals surface area contributed by atoms with E-state index in [-0.39, 0.29) is 12.5 Å². The second kappa shape index (κ2) is 6.29. The van der Waals surface area contributed by atoms with Gasteiger partial charge in [0.2, 0.25) is 5.13 Å². The number of aryl methyl sites for hydroxylation is 1. The number of hydrogen-bond donors (Lipinski definition) is 3. The highest BCUT2D eigenvalue weighted by atomic mass is 32.1. The molecular formula is C10H16N4O3S. The van der Waals surface area contributed by atoms with Crippen LogP contribution in [0.25, 0.3) is 0 Å². The predicted octanol–water partition coefficient (Wildman–Crippen LogP) is 1.32. The highest BCUT2D eigenvalue weighted by Crippen LogP contribution is 2.11. The molecule has 0 fully saturated rings. The average Bonchev–Trinajstić information content (AvgIpc) is 2.62. The Balaban J connectivity index is 2.43. The first kappa shape index (κ1) is 14.4. The first-order chi connectivity index (χ1) is 8.40. The van der Waals surface area contributed by atoms with Crippen LogP contribution in [0.3, 0.4) is 0 Å². The Labute approximate surface area is 109 Å². The van der Waals surface area contributed by atoms with Gasteiger partial charge in [-0.1, -0.05) is 13.8 Å². The van der Waals surface area contributed by atoms with Gasteiger partial charge in [-0.25, -0.2) is 9.78 Å². The van der Waals surface area contributed by atoms with Gasteiger partial charge in [-0.15, -0.1) is 0 Å². The van der Waals surface area contributed by atoms with Crippen molar-refractivity contribution in [3.63, 3.8) is 0 Å². The number of nitrogens with zero attached hydrogens (tertiary/aromatic N) is 2. The summed E-state index contributed by atoms with van der Waals surface area (Å²) in [7, 11) is 0. The van der Waals surface area contributed by atoms with Crippen molar-refractivity contribution >= 4 is 28.7 Å². The first-order valence-electron chi connectivity index (χ1n) is 5.48. The monoisotopic (exact) mass is 272 g/mol. The fourth-order valence-corrected chi connectivity index (χ4v) is 1.87. The van der Waals surface area contributed by atoms with Crippen LogP contribution in [-0.2, 0) is 4.79 Å². The molecule has 18 heavy (non-hydrogen) atoms. The standard InChI is InChI=1S/C10H16N4O3S/c1-5(2)7(8(15)16)4-11-9(17)13-10-12-6(3)14-18-10/h5,7H,4H2,1-3H3,(H,15,16)(H2,11,12,13,14,17). The van der Waals surface area contributed by atoms with Crippen molar-refractivity contribution in [2.24, 2.45) is 11.8 Å². The summed E-state index contributed by atoms with van der Waals surface area (Å²) >= 11 is 1.08. The second-order valence-corrected chi connectivity index (χ2v) is 4.92. The number of carbonyl (C=O) groups is 2. The third-order valence-electron chi connectivity index (χ3n) is 2.35. The zero-order chi connectivity index (χ0) is 13.7. The van der Waals surface area contributed by atoms with Gasteiger partial charge in [0.25, 0.3) is 0 Å². The van der Waals surface area contributed by atoms with E-state index in [1.807, 2.05) is 0 Å². The maximum atomic E-state index is 11.5. The first-order valence-corrected chi connectivity index (χ1v) is 6.25. The number of nitrogens with one attached hydrogen (secondary N) is 2. The zero-order valence-electron chi connectivity index (χ0n) is 10.4. The molecule has 100 valence electrons. The quantitative estimate of drug-likeness (QED) is 0.750. The summed E-state index contributed by atoms with van der Waals surface area (Å²) in [6, 6.07) is -0.474. The van der Waals surface area contributed by atoms with Gasteiger partial charge in [0.15, 0.2) is 0 Å². The molecule has 0 aliphatic carbocycles. The zero-order valence-corrected chi connectivity index (χ0v) is 11.2. The van der Waals surface area contributed by atoms with Crippen LogP contribution in [0.15, 0.2) is 0 Å². The van der Waals surface area contributed by atoms with Crippen LogP contribution in [0, 0.1) is 18.8 Å². The summed E-state index contributed by atoms with van der Waals surface area (Å²) in [5, 5.41) is 14.4. The molecule has 0 aromatic carbocycles. The average molecular weight is 272 g/mol. The van der Waals surface area contributed by atoms with E-state index in [4.69, 9.17) is 5.11 Å². The molecule has 0 radical (unpaired) electrons. The maximum Gasteiger partial charge on any atom is 0.321 e. The van der Waals surface area contributed by atoms with Crippen LogP contribution in [0.1, 0.15) is 19.7 Å². The number of amides is 2. The fraction of sp³-hybridized carbons (Fsp3) is 0.600. The molecule has 1 atom stereocenters. The third-order valence-corrected chi connectivity index (χ3v) is 3.07. The summed E-state index contributed by atoms with van der Waals surface area (Å²) in [5.74, 6) is -0.989. The third kappa shape index (κ3) is 4.28. The Morgan fingerprint density at radius 1 is 1.44 bits per heavy atom. The molecule has 2 amide bonds. The van der Waals surface area contributed by atoms with E-state index in [2.05, 4.69) is 20.0 Å². The minimum Gasteiger partial charge on any atom is -0.481 e. The van der Waals surface area contributed by atoms with Crippen molar-refractivity contribution in [1.29, 1.82) is 0 Å². The number of hydrogen-bond acceptors (Lipinski definition) is 5. The normalized spacial score (nSPS) is 12.2. The Bertz CT molecular complexity index is 433. The van der Waals surface area contributed by atoms with Crippen molar-refractivity contribution in [2.75, 3.05) is 11.9 Å². The molecule has 0 bridgehead atoms. The van der Waals surface area contributed by atoms with Gasteiger partial charge in [0.1, 0.15) is 5.82 Å². The van der Waals surface area contributed by atoms with Crippen LogP contribution >= 0.6 is 11.5 Å². The lowest BCUT2D eigenvalue weighted by atomic mass is 9.96. The number of aliphatic carboxylic acids is 1. The summed E-state index contributed by atoms with van der Waals surface area (Å²) < 4.78 is 3.92. The van der Waals surface area contributed by atoms with Gasteiger partial charge in [0.05, 0.1) is 5.92 Å². The van der Waals surface area contributed by atoms with Gasteiger partial charge >= 0.3 is 12.0 Å². The van der Waals surface area contributed by atoms with Crippen LogP contribution < -0.4 is 10.6 Å². The molecule has 1 rings (SSSR count). The molecule has 0 aliphatic rings. The van der Waals surface area contributed by atoms with E-state index in [0.717, 1.165) is 11.5 Å². The molecule has 7 nitrogen and oxygen atoms in total. The summed E-state index contributed by atoms with van der Waals surface area (Å²) in [5.41, 5.74) is 0. The van der Waals surface area contributed by atoms with Crippen molar-refractivity contribution in [1.82, 2.24) is 14.7 Å². The number of anilines is 1. The highest BCUT2D eigenvalue weighted by molar-refractivity contribution is 7.09. The number of carboxylic acids is 1. The lowest BCUT2D eigenvalue weighted by Gasteiger charge is -2.16. The van der Waals surface area contributed by atoms with E-state index in [1.165, 1.54) is 0 Å². The maximum absolute atomic E-state index is 11.5.